The van der Waals surface area contributed by atoms with E-state index in [4.69, 9.17) is 4.74 Å². The van der Waals surface area contributed by atoms with Gasteiger partial charge in [0, 0.05) is 15.5 Å². The number of likely N-dealkylation sites (N-methyl/N-ethyl adjacent to an activating group) is 1. The molecule has 0 fully saturated rings. The Labute approximate surface area is 136 Å². The molecule has 0 aliphatic rings. The highest BCUT2D eigenvalue weighted by Crippen LogP contribution is 2.23. The van der Waals surface area contributed by atoms with Crippen molar-refractivity contribution in [3.05, 3.63) is 50.2 Å². The summed E-state index contributed by atoms with van der Waals surface area (Å²) in [5.41, 5.74) is 0. The van der Waals surface area contributed by atoms with Crippen molar-refractivity contribution in [3.8, 4) is 5.75 Å². The molecule has 1 aromatic carbocycles. The van der Waals surface area contributed by atoms with Crippen LogP contribution in [0.5, 0.6) is 5.75 Å². The van der Waals surface area contributed by atoms with Crippen LogP contribution in [0.1, 0.15) is 17.8 Å². The van der Waals surface area contributed by atoms with Gasteiger partial charge in [0.25, 0.3) is 5.91 Å². The third kappa shape index (κ3) is 3.96. The van der Waals surface area contributed by atoms with E-state index in [1.807, 2.05) is 55.7 Å². The topological polar surface area (TPSA) is 29.5 Å². The van der Waals surface area contributed by atoms with Gasteiger partial charge in [0.1, 0.15) is 5.75 Å². The molecule has 20 heavy (non-hydrogen) atoms. The fourth-order valence-corrected chi connectivity index (χ4v) is 2.90. The van der Waals surface area contributed by atoms with Crippen LogP contribution in [0.25, 0.3) is 0 Å². The highest BCUT2D eigenvalue weighted by atomic mass is 127. The molecular formula is C15H16INO2S. The lowest BCUT2D eigenvalue weighted by atomic mass is 10.2. The maximum atomic E-state index is 12.1. The fraction of sp³-hybridized carbons (Fsp3) is 0.267. The monoisotopic (exact) mass is 401 g/mol. The van der Waals surface area contributed by atoms with Crippen molar-refractivity contribution in [3.63, 3.8) is 0 Å². The van der Waals surface area contributed by atoms with Crippen LogP contribution in [-0.2, 0) is 4.79 Å². The SMILES string of the molecule is CC(c1cccs1)N(C)C(=O)COc1ccc(I)cc1. The second-order valence-electron chi connectivity index (χ2n) is 4.44. The molecule has 0 aliphatic carbocycles. The van der Waals surface area contributed by atoms with Gasteiger partial charge >= 0.3 is 0 Å². The molecule has 1 aromatic heterocycles. The molecule has 5 heteroatoms. The molecule has 1 unspecified atom stereocenters. The Morgan fingerprint density at radius 1 is 1.35 bits per heavy atom. The second kappa shape index (κ2) is 7.08. The van der Waals surface area contributed by atoms with Crippen LogP contribution in [0.4, 0.5) is 0 Å². The zero-order valence-electron chi connectivity index (χ0n) is 11.4. The minimum absolute atomic E-state index is 0.0237. The predicted octanol–water partition coefficient (Wildman–Crippen LogP) is 3.95. The highest BCUT2D eigenvalue weighted by molar-refractivity contribution is 14.1. The largest absolute Gasteiger partial charge is 0.484 e. The average Bonchev–Trinajstić information content (AvgIpc) is 2.99. The summed E-state index contributed by atoms with van der Waals surface area (Å²) in [6.07, 6.45) is 0. The number of hydrogen-bond acceptors (Lipinski definition) is 3. The van der Waals surface area contributed by atoms with E-state index >= 15 is 0 Å². The first kappa shape index (κ1) is 15.3. The number of carbonyl (C=O) groups excluding carboxylic acids is 1. The summed E-state index contributed by atoms with van der Waals surface area (Å²) >= 11 is 3.89. The standard InChI is InChI=1S/C15H16INO2S/c1-11(14-4-3-9-20-14)17(2)15(18)10-19-13-7-5-12(16)6-8-13/h3-9,11H,10H2,1-2H3. The van der Waals surface area contributed by atoms with Crippen LogP contribution in [-0.4, -0.2) is 24.5 Å². The molecule has 2 rings (SSSR count). The smallest absolute Gasteiger partial charge is 0.260 e. The van der Waals surface area contributed by atoms with Gasteiger partial charge in [-0.25, -0.2) is 0 Å². The molecule has 0 saturated carbocycles. The van der Waals surface area contributed by atoms with Crippen molar-refractivity contribution >= 4 is 39.8 Å². The van der Waals surface area contributed by atoms with Gasteiger partial charge in [0.2, 0.25) is 0 Å². The van der Waals surface area contributed by atoms with Crippen LogP contribution in [0, 0.1) is 3.57 Å². The van der Waals surface area contributed by atoms with Crippen molar-refractivity contribution in [1.29, 1.82) is 0 Å². The Hall–Kier alpha value is -1.08. The molecule has 0 aliphatic heterocycles. The molecule has 1 atom stereocenters. The number of carbonyl (C=O) groups is 1. The maximum absolute atomic E-state index is 12.1. The molecular weight excluding hydrogens is 385 g/mol. The molecule has 3 nitrogen and oxygen atoms in total. The minimum atomic E-state index is -0.0237. The Bertz CT molecular complexity index is 554. The van der Waals surface area contributed by atoms with Crippen LogP contribution >= 0.6 is 33.9 Å². The van der Waals surface area contributed by atoms with Gasteiger partial charge in [-0.15, -0.1) is 11.3 Å². The molecule has 1 amide bonds. The van der Waals surface area contributed by atoms with Gasteiger partial charge < -0.3 is 9.64 Å². The van der Waals surface area contributed by atoms with Gasteiger partial charge in [-0.3, -0.25) is 4.79 Å². The third-order valence-electron chi connectivity index (χ3n) is 3.11. The number of nitrogens with zero attached hydrogens (tertiary/aromatic N) is 1. The molecule has 0 saturated heterocycles. The summed E-state index contributed by atoms with van der Waals surface area (Å²) in [6.45, 7) is 2.08. The van der Waals surface area contributed by atoms with Gasteiger partial charge in [0.05, 0.1) is 6.04 Å². The number of benzene rings is 1. The van der Waals surface area contributed by atoms with Crippen LogP contribution in [0.3, 0.4) is 0 Å². The highest BCUT2D eigenvalue weighted by Gasteiger charge is 2.18. The summed E-state index contributed by atoms with van der Waals surface area (Å²) in [4.78, 5) is 15.0. The summed E-state index contributed by atoms with van der Waals surface area (Å²) in [6, 6.07) is 11.8. The van der Waals surface area contributed by atoms with E-state index in [1.165, 1.54) is 4.88 Å². The van der Waals surface area contributed by atoms with Gasteiger partial charge in [0.15, 0.2) is 6.61 Å². The number of halogens is 1. The fourth-order valence-electron chi connectivity index (χ4n) is 1.71. The zero-order valence-corrected chi connectivity index (χ0v) is 14.3. The summed E-state index contributed by atoms with van der Waals surface area (Å²) < 4.78 is 6.66. The molecule has 0 spiro atoms. The van der Waals surface area contributed by atoms with E-state index in [-0.39, 0.29) is 18.6 Å². The predicted molar refractivity (Wildman–Crippen MR) is 90.2 cm³/mol. The molecule has 0 bridgehead atoms. The third-order valence-corrected chi connectivity index (χ3v) is 4.87. The Kier molecular flexibility index (Phi) is 5.42. The summed E-state index contributed by atoms with van der Waals surface area (Å²) in [5, 5.41) is 2.02. The minimum Gasteiger partial charge on any atom is -0.484 e. The molecule has 0 N–H and O–H groups in total. The van der Waals surface area contributed by atoms with Crippen molar-refractivity contribution in [2.75, 3.05) is 13.7 Å². The molecule has 106 valence electrons. The van der Waals surface area contributed by atoms with Crippen molar-refractivity contribution in [2.45, 2.75) is 13.0 Å². The second-order valence-corrected chi connectivity index (χ2v) is 6.66. The van der Waals surface area contributed by atoms with E-state index in [0.29, 0.717) is 0 Å². The van der Waals surface area contributed by atoms with E-state index in [0.717, 1.165) is 9.32 Å². The van der Waals surface area contributed by atoms with Crippen LogP contribution in [0.15, 0.2) is 41.8 Å². The van der Waals surface area contributed by atoms with E-state index in [9.17, 15) is 4.79 Å². The number of rotatable bonds is 5. The lowest BCUT2D eigenvalue weighted by molar-refractivity contribution is -0.133. The van der Waals surface area contributed by atoms with Crippen molar-refractivity contribution in [2.24, 2.45) is 0 Å². The van der Waals surface area contributed by atoms with E-state index in [2.05, 4.69) is 22.6 Å². The molecule has 1 heterocycles. The number of ether oxygens (including phenoxy) is 1. The van der Waals surface area contributed by atoms with E-state index in [1.54, 1.807) is 16.2 Å². The van der Waals surface area contributed by atoms with E-state index < -0.39 is 0 Å². The lowest BCUT2D eigenvalue weighted by Gasteiger charge is -2.24. The number of thiophene rings is 1. The van der Waals surface area contributed by atoms with Gasteiger partial charge in [-0.05, 0) is 65.2 Å². The normalized spacial score (nSPS) is 11.9. The first-order chi connectivity index (χ1) is 9.58. The Morgan fingerprint density at radius 3 is 2.65 bits per heavy atom. The lowest BCUT2D eigenvalue weighted by Crippen LogP contribution is -2.33. The quantitative estimate of drug-likeness (QED) is 0.711. The summed E-state index contributed by atoms with van der Waals surface area (Å²) in [7, 11) is 1.81. The van der Waals surface area contributed by atoms with Crippen molar-refractivity contribution in [1.82, 2.24) is 4.90 Å². The Morgan fingerprint density at radius 2 is 2.05 bits per heavy atom. The number of amides is 1. The van der Waals surface area contributed by atoms with Crippen molar-refractivity contribution < 1.29 is 9.53 Å². The average molecular weight is 401 g/mol. The molecule has 2 aromatic rings. The number of hydrogen-bond donors (Lipinski definition) is 0. The first-order valence-corrected chi connectivity index (χ1v) is 8.21. The zero-order chi connectivity index (χ0) is 14.5. The van der Waals surface area contributed by atoms with Crippen LogP contribution < -0.4 is 4.74 Å². The first-order valence-electron chi connectivity index (χ1n) is 6.25. The molecule has 0 radical (unpaired) electrons. The van der Waals surface area contributed by atoms with Gasteiger partial charge in [-0.2, -0.15) is 0 Å². The summed E-state index contributed by atoms with van der Waals surface area (Å²) in [5.74, 6) is 0.695. The Balaban J connectivity index is 1.89. The van der Waals surface area contributed by atoms with Crippen LogP contribution in [0.2, 0.25) is 0 Å². The maximum Gasteiger partial charge on any atom is 0.260 e. The van der Waals surface area contributed by atoms with Gasteiger partial charge in [-0.1, -0.05) is 6.07 Å².